The topological polar surface area (TPSA) is 38.0 Å². The molecule has 0 aliphatic rings. The van der Waals surface area contributed by atoms with Gasteiger partial charge >= 0.3 is 0 Å². The molecular weight excluding hydrogens is 208 g/mol. The Labute approximate surface area is 105 Å². The second-order valence-corrected chi connectivity index (χ2v) is 4.82. The van der Waals surface area contributed by atoms with Crippen LogP contribution in [0.2, 0.25) is 0 Å². The van der Waals surface area contributed by atoms with Gasteiger partial charge in [-0.25, -0.2) is 0 Å². The SMILES string of the molecule is C=CCNC(CN)c1ccc(CC(C)C)cc1. The van der Waals surface area contributed by atoms with Crippen LogP contribution in [0.15, 0.2) is 36.9 Å². The van der Waals surface area contributed by atoms with Gasteiger partial charge in [0, 0.05) is 19.1 Å². The van der Waals surface area contributed by atoms with Gasteiger partial charge in [-0.2, -0.15) is 0 Å². The third-order valence-corrected chi connectivity index (χ3v) is 2.77. The van der Waals surface area contributed by atoms with Crippen molar-refractivity contribution in [2.75, 3.05) is 13.1 Å². The van der Waals surface area contributed by atoms with E-state index < -0.39 is 0 Å². The first kappa shape index (κ1) is 13.9. The third kappa shape index (κ3) is 4.72. The molecule has 0 fully saturated rings. The monoisotopic (exact) mass is 232 g/mol. The Morgan fingerprint density at radius 3 is 2.41 bits per heavy atom. The zero-order chi connectivity index (χ0) is 12.7. The van der Waals surface area contributed by atoms with Gasteiger partial charge in [-0.1, -0.05) is 44.2 Å². The minimum absolute atomic E-state index is 0.223. The molecular formula is C15H24N2. The lowest BCUT2D eigenvalue weighted by Gasteiger charge is -2.16. The highest BCUT2D eigenvalue weighted by Gasteiger charge is 2.07. The van der Waals surface area contributed by atoms with Gasteiger partial charge in [-0.3, -0.25) is 0 Å². The van der Waals surface area contributed by atoms with E-state index in [9.17, 15) is 0 Å². The first-order valence-electron chi connectivity index (χ1n) is 6.30. The largest absolute Gasteiger partial charge is 0.329 e. The summed E-state index contributed by atoms with van der Waals surface area (Å²) < 4.78 is 0. The van der Waals surface area contributed by atoms with Crippen molar-refractivity contribution in [3.8, 4) is 0 Å². The highest BCUT2D eigenvalue weighted by Crippen LogP contribution is 2.15. The Morgan fingerprint density at radius 1 is 1.29 bits per heavy atom. The molecule has 0 saturated carbocycles. The molecule has 1 rings (SSSR count). The van der Waals surface area contributed by atoms with Crippen LogP contribution in [-0.2, 0) is 6.42 Å². The molecule has 0 aromatic heterocycles. The van der Waals surface area contributed by atoms with E-state index in [1.807, 2.05) is 6.08 Å². The molecule has 1 aromatic carbocycles. The standard InChI is InChI=1S/C15H24N2/c1-4-9-17-15(11-16)14-7-5-13(6-8-14)10-12(2)3/h4-8,12,15,17H,1,9-11,16H2,2-3H3. The lowest BCUT2D eigenvalue weighted by molar-refractivity contribution is 0.577. The number of hydrogen-bond donors (Lipinski definition) is 2. The Hall–Kier alpha value is -1.12. The van der Waals surface area contributed by atoms with E-state index in [0.717, 1.165) is 13.0 Å². The van der Waals surface area contributed by atoms with Gasteiger partial charge in [0.1, 0.15) is 0 Å². The average Bonchev–Trinajstić information content (AvgIpc) is 2.31. The number of nitrogens with one attached hydrogen (secondary N) is 1. The Kier molecular flexibility index (Phi) is 5.95. The Morgan fingerprint density at radius 2 is 1.94 bits per heavy atom. The molecule has 0 heterocycles. The first-order valence-corrected chi connectivity index (χ1v) is 6.30. The minimum Gasteiger partial charge on any atom is -0.329 e. The molecule has 17 heavy (non-hydrogen) atoms. The maximum Gasteiger partial charge on any atom is 0.0446 e. The Bertz CT molecular complexity index is 327. The minimum atomic E-state index is 0.223. The van der Waals surface area contributed by atoms with Crippen molar-refractivity contribution in [1.82, 2.24) is 5.32 Å². The molecule has 1 unspecified atom stereocenters. The van der Waals surface area contributed by atoms with Crippen molar-refractivity contribution in [3.05, 3.63) is 48.0 Å². The van der Waals surface area contributed by atoms with Crippen molar-refractivity contribution in [3.63, 3.8) is 0 Å². The third-order valence-electron chi connectivity index (χ3n) is 2.77. The van der Waals surface area contributed by atoms with Gasteiger partial charge in [-0.15, -0.1) is 6.58 Å². The second-order valence-electron chi connectivity index (χ2n) is 4.82. The number of benzene rings is 1. The predicted octanol–water partition coefficient (Wildman–Crippen LogP) is 2.66. The fourth-order valence-corrected chi connectivity index (χ4v) is 1.92. The molecule has 94 valence electrons. The van der Waals surface area contributed by atoms with Gasteiger partial charge < -0.3 is 11.1 Å². The first-order chi connectivity index (χ1) is 8.17. The summed E-state index contributed by atoms with van der Waals surface area (Å²) in [5.74, 6) is 0.699. The summed E-state index contributed by atoms with van der Waals surface area (Å²) in [6, 6.07) is 8.97. The van der Waals surface area contributed by atoms with Crippen LogP contribution in [-0.4, -0.2) is 13.1 Å². The normalized spacial score (nSPS) is 12.7. The molecule has 0 radical (unpaired) electrons. The van der Waals surface area contributed by atoms with Crippen LogP contribution < -0.4 is 11.1 Å². The summed E-state index contributed by atoms with van der Waals surface area (Å²) in [6.45, 7) is 9.58. The average molecular weight is 232 g/mol. The van der Waals surface area contributed by atoms with Crippen molar-refractivity contribution >= 4 is 0 Å². The molecule has 3 N–H and O–H groups in total. The predicted molar refractivity (Wildman–Crippen MR) is 75.0 cm³/mol. The zero-order valence-corrected chi connectivity index (χ0v) is 10.9. The summed E-state index contributed by atoms with van der Waals surface area (Å²) in [6.07, 6.45) is 2.99. The van der Waals surface area contributed by atoms with Crippen LogP contribution >= 0.6 is 0 Å². The van der Waals surface area contributed by atoms with Gasteiger partial charge in [0.25, 0.3) is 0 Å². The van der Waals surface area contributed by atoms with Gasteiger partial charge in [0.15, 0.2) is 0 Å². The highest BCUT2D eigenvalue weighted by atomic mass is 14.9. The maximum absolute atomic E-state index is 5.77. The molecule has 1 aromatic rings. The second kappa shape index (κ2) is 7.25. The zero-order valence-electron chi connectivity index (χ0n) is 10.9. The molecule has 2 nitrogen and oxygen atoms in total. The van der Waals surface area contributed by atoms with Crippen molar-refractivity contribution in [2.24, 2.45) is 11.7 Å². The highest BCUT2D eigenvalue weighted by molar-refractivity contribution is 5.25. The fraction of sp³-hybridized carbons (Fsp3) is 0.467. The summed E-state index contributed by atoms with van der Waals surface area (Å²) >= 11 is 0. The summed E-state index contributed by atoms with van der Waals surface area (Å²) in [7, 11) is 0. The lowest BCUT2D eigenvalue weighted by Crippen LogP contribution is -2.28. The van der Waals surface area contributed by atoms with E-state index in [0.29, 0.717) is 12.5 Å². The van der Waals surface area contributed by atoms with Crippen LogP contribution in [0.1, 0.15) is 31.0 Å². The summed E-state index contributed by atoms with van der Waals surface area (Å²) in [4.78, 5) is 0. The van der Waals surface area contributed by atoms with Crippen LogP contribution in [0, 0.1) is 5.92 Å². The molecule has 1 atom stereocenters. The summed E-state index contributed by atoms with van der Waals surface area (Å²) in [5.41, 5.74) is 8.41. The van der Waals surface area contributed by atoms with Crippen LogP contribution in [0.5, 0.6) is 0 Å². The molecule has 0 aliphatic carbocycles. The molecule has 2 heteroatoms. The van der Waals surface area contributed by atoms with E-state index in [1.54, 1.807) is 0 Å². The molecule has 0 amide bonds. The van der Waals surface area contributed by atoms with Crippen LogP contribution in [0.4, 0.5) is 0 Å². The maximum atomic E-state index is 5.77. The van der Waals surface area contributed by atoms with E-state index in [-0.39, 0.29) is 6.04 Å². The van der Waals surface area contributed by atoms with Gasteiger partial charge in [-0.05, 0) is 23.5 Å². The van der Waals surface area contributed by atoms with E-state index >= 15 is 0 Å². The van der Waals surface area contributed by atoms with E-state index in [2.05, 4.69) is 50.0 Å². The number of nitrogens with two attached hydrogens (primary N) is 1. The lowest BCUT2D eigenvalue weighted by atomic mass is 9.99. The van der Waals surface area contributed by atoms with Crippen molar-refractivity contribution < 1.29 is 0 Å². The number of rotatable bonds is 7. The van der Waals surface area contributed by atoms with Crippen LogP contribution in [0.25, 0.3) is 0 Å². The van der Waals surface area contributed by atoms with Crippen molar-refractivity contribution in [2.45, 2.75) is 26.3 Å². The molecule has 0 aliphatic heterocycles. The quantitative estimate of drug-likeness (QED) is 0.709. The van der Waals surface area contributed by atoms with Gasteiger partial charge in [0.05, 0.1) is 0 Å². The molecule has 0 bridgehead atoms. The smallest absolute Gasteiger partial charge is 0.0446 e. The van der Waals surface area contributed by atoms with Gasteiger partial charge in [0.2, 0.25) is 0 Å². The fourth-order valence-electron chi connectivity index (χ4n) is 1.92. The van der Waals surface area contributed by atoms with Crippen LogP contribution in [0.3, 0.4) is 0 Å². The molecule has 0 spiro atoms. The number of hydrogen-bond acceptors (Lipinski definition) is 2. The molecule has 0 saturated heterocycles. The summed E-state index contributed by atoms with van der Waals surface area (Å²) in [5, 5.41) is 3.35. The van der Waals surface area contributed by atoms with E-state index in [1.165, 1.54) is 11.1 Å². The Balaban J connectivity index is 2.67. The van der Waals surface area contributed by atoms with E-state index in [4.69, 9.17) is 5.73 Å². The van der Waals surface area contributed by atoms with Crippen molar-refractivity contribution in [1.29, 1.82) is 0 Å².